The lowest BCUT2D eigenvalue weighted by molar-refractivity contribution is -0.140. The highest BCUT2D eigenvalue weighted by molar-refractivity contribution is 5.81. The number of nitrogens with zero attached hydrogens (tertiary/aromatic N) is 2. The van der Waals surface area contributed by atoms with Crippen LogP contribution in [0.5, 0.6) is 0 Å². The fourth-order valence-electron chi connectivity index (χ4n) is 3.69. The summed E-state index contributed by atoms with van der Waals surface area (Å²) in [5.41, 5.74) is 1.39. The molecule has 1 aliphatic carbocycles. The molecule has 4 rings (SSSR count). The highest BCUT2D eigenvalue weighted by Gasteiger charge is 2.45. The van der Waals surface area contributed by atoms with E-state index < -0.39 is 0 Å². The van der Waals surface area contributed by atoms with Crippen molar-refractivity contribution in [1.82, 2.24) is 9.80 Å². The molecule has 0 aromatic heterocycles. The second-order valence-electron chi connectivity index (χ2n) is 6.59. The number of piperidine rings is 1. The number of amides is 1. The van der Waals surface area contributed by atoms with E-state index in [9.17, 15) is 4.79 Å². The normalized spacial score (nSPS) is 29.7. The van der Waals surface area contributed by atoms with Crippen LogP contribution >= 0.6 is 0 Å². The van der Waals surface area contributed by atoms with E-state index in [2.05, 4.69) is 40.1 Å². The summed E-state index contributed by atoms with van der Waals surface area (Å²) in [6.07, 6.45) is 3.45. The smallest absolute Gasteiger partial charge is 0.225 e. The Kier molecular flexibility index (Phi) is 3.03. The molecular weight excluding hydrogens is 248 g/mol. The number of likely N-dealkylation sites (tertiary alicyclic amines) is 2. The van der Waals surface area contributed by atoms with Gasteiger partial charge in [0.25, 0.3) is 0 Å². The first-order valence-corrected chi connectivity index (χ1v) is 7.88. The molecule has 2 aliphatic heterocycles. The Morgan fingerprint density at radius 1 is 1.10 bits per heavy atom. The molecule has 106 valence electrons. The van der Waals surface area contributed by atoms with Gasteiger partial charge in [0.15, 0.2) is 0 Å². The Bertz CT molecular complexity index is 497. The van der Waals surface area contributed by atoms with Crippen molar-refractivity contribution in [1.29, 1.82) is 0 Å². The standard InChI is InChI=1S/C17H22N2O/c20-17(14-6-7-14)18-9-8-15-11-19(16(15)12-18)10-13-4-2-1-3-5-13/h1-5,14-16H,6-12H2/t15-,16-/m1/s1. The number of carbonyl (C=O) groups excluding carboxylic acids is 1. The Morgan fingerprint density at radius 3 is 2.65 bits per heavy atom. The molecule has 0 N–H and O–H groups in total. The van der Waals surface area contributed by atoms with Crippen molar-refractivity contribution in [3.05, 3.63) is 35.9 Å². The SMILES string of the molecule is O=C(C1CC1)N1CC[C@@H]2CN(Cc3ccccc3)[C@@H]2C1. The van der Waals surface area contributed by atoms with Gasteiger partial charge in [-0.15, -0.1) is 0 Å². The molecule has 2 saturated heterocycles. The summed E-state index contributed by atoms with van der Waals surface area (Å²) >= 11 is 0. The molecule has 2 atom stereocenters. The molecule has 0 radical (unpaired) electrons. The summed E-state index contributed by atoms with van der Waals surface area (Å²) in [6, 6.07) is 11.3. The summed E-state index contributed by atoms with van der Waals surface area (Å²) in [6.45, 7) is 4.21. The van der Waals surface area contributed by atoms with Gasteiger partial charge in [-0.25, -0.2) is 0 Å². The third kappa shape index (κ3) is 2.24. The molecule has 2 heterocycles. The van der Waals surface area contributed by atoms with Gasteiger partial charge in [0.05, 0.1) is 0 Å². The molecule has 20 heavy (non-hydrogen) atoms. The highest BCUT2D eigenvalue weighted by atomic mass is 16.2. The minimum atomic E-state index is 0.370. The van der Waals surface area contributed by atoms with Crippen molar-refractivity contribution in [3.8, 4) is 0 Å². The van der Waals surface area contributed by atoms with Crippen LogP contribution in [0.15, 0.2) is 30.3 Å². The summed E-state index contributed by atoms with van der Waals surface area (Å²) in [5, 5.41) is 0. The van der Waals surface area contributed by atoms with E-state index >= 15 is 0 Å². The van der Waals surface area contributed by atoms with Crippen LogP contribution in [0.4, 0.5) is 0 Å². The topological polar surface area (TPSA) is 23.6 Å². The maximum absolute atomic E-state index is 12.2. The van der Waals surface area contributed by atoms with Gasteiger partial charge in [0.1, 0.15) is 0 Å². The van der Waals surface area contributed by atoms with E-state index in [1.54, 1.807) is 0 Å². The molecule has 1 saturated carbocycles. The lowest BCUT2D eigenvalue weighted by atomic mass is 9.82. The fourth-order valence-corrected chi connectivity index (χ4v) is 3.69. The van der Waals surface area contributed by atoms with Crippen molar-refractivity contribution >= 4 is 5.91 Å². The summed E-state index contributed by atoms with van der Waals surface area (Å²) < 4.78 is 0. The van der Waals surface area contributed by atoms with Gasteiger partial charge in [-0.05, 0) is 30.7 Å². The lowest BCUT2D eigenvalue weighted by Gasteiger charge is -2.53. The number of rotatable bonds is 3. The van der Waals surface area contributed by atoms with Crippen molar-refractivity contribution in [3.63, 3.8) is 0 Å². The molecule has 3 fully saturated rings. The molecule has 1 aromatic carbocycles. The van der Waals surface area contributed by atoms with Crippen LogP contribution < -0.4 is 0 Å². The molecule has 1 aromatic rings. The lowest BCUT2D eigenvalue weighted by Crippen LogP contribution is -2.64. The van der Waals surface area contributed by atoms with Gasteiger partial charge in [-0.1, -0.05) is 30.3 Å². The maximum Gasteiger partial charge on any atom is 0.225 e. The van der Waals surface area contributed by atoms with E-state index in [0.717, 1.165) is 38.4 Å². The summed E-state index contributed by atoms with van der Waals surface area (Å²) in [4.78, 5) is 16.9. The van der Waals surface area contributed by atoms with E-state index in [0.29, 0.717) is 17.9 Å². The Balaban J connectivity index is 1.38. The van der Waals surface area contributed by atoms with Crippen molar-refractivity contribution < 1.29 is 4.79 Å². The van der Waals surface area contributed by atoms with Crippen LogP contribution in [-0.2, 0) is 11.3 Å². The summed E-state index contributed by atoms with van der Waals surface area (Å²) in [7, 11) is 0. The van der Waals surface area contributed by atoms with Crippen LogP contribution in [0.2, 0.25) is 0 Å². The molecular formula is C17H22N2O. The number of carbonyl (C=O) groups is 1. The molecule has 1 amide bonds. The average Bonchev–Trinajstić information content (AvgIpc) is 3.30. The molecule has 3 nitrogen and oxygen atoms in total. The fraction of sp³-hybridized carbons (Fsp3) is 0.588. The van der Waals surface area contributed by atoms with Gasteiger partial charge in [0.2, 0.25) is 5.91 Å². The first-order valence-electron chi connectivity index (χ1n) is 7.88. The molecule has 3 heteroatoms. The number of hydrogen-bond acceptors (Lipinski definition) is 2. The predicted molar refractivity (Wildman–Crippen MR) is 78.1 cm³/mol. The van der Waals surface area contributed by atoms with Gasteiger partial charge >= 0.3 is 0 Å². The van der Waals surface area contributed by atoms with Crippen LogP contribution in [-0.4, -0.2) is 41.4 Å². The third-order valence-corrected chi connectivity index (χ3v) is 5.13. The first kappa shape index (κ1) is 12.4. The van der Waals surface area contributed by atoms with Gasteiger partial charge in [0, 0.05) is 38.1 Å². The monoisotopic (exact) mass is 270 g/mol. The number of fused-ring (bicyclic) bond motifs is 1. The van der Waals surface area contributed by atoms with Crippen molar-refractivity contribution in [2.45, 2.75) is 31.8 Å². The zero-order valence-corrected chi connectivity index (χ0v) is 11.9. The van der Waals surface area contributed by atoms with Gasteiger partial charge in [-0.3, -0.25) is 9.69 Å². The average molecular weight is 270 g/mol. The zero-order chi connectivity index (χ0) is 13.5. The Morgan fingerprint density at radius 2 is 1.90 bits per heavy atom. The van der Waals surface area contributed by atoms with Crippen LogP contribution in [0.3, 0.4) is 0 Å². The maximum atomic E-state index is 12.2. The summed E-state index contributed by atoms with van der Waals surface area (Å²) in [5.74, 6) is 1.62. The minimum Gasteiger partial charge on any atom is -0.341 e. The quantitative estimate of drug-likeness (QED) is 0.840. The third-order valence-electron chi connectivity index (χ3n) is 5.13. The van der Waals surface area contributed by atoms with Gasteiger partial charge in [-0.2, -0.15) is 0 Å². The predicted octanol–water partition coefficient (Wildman–Crippen LogP) is 2.13. The zero-order valence-electron chi connectivity index (χ0n) is 11.9. The van der Waals surface area contributed by atoms with E-state index in [1.807, 2.05) is 0 Å². The molecule has 0 unspecified atom stereocenters. The van der Waals surface area contributed by atoms with E-state index in [-0.39, 0.29) is 0 Å². The molecule has 0 spiro atoms. The van der Waals surface area contributed by atoms with Crippen molar-refractivity contribution in [2.24, 2.45) is 11.8 Å². The van der Waals surface area contributed by atoms with E-state index in [4.69, 9.17) is 0 Å². The van der Waals surface area contributed by atoms with Crippen LogP contribution in [0.1, 0.15) is 24.8 Å². The Labute approximate surface area is 120 Å². The largest absolute Gasteiger partial charge is 0.341 e. The first-order chi connectivity index (χ1) is 9.81. The van der Waals surface area contributed by atoms with Crippen molar-refractivity contribution in [2.75, 3.05) is 19.6 Å². The molecule has 0 bridgehead atoms. The van der Waals surface area contributed by atoms with Crippen LogP contribution in [0, 0.1) is 11.8 Å². The Hall–Kier alpha value is -1.35. The number of hydrogen-bond donors (Lipinski definition) is 0. The second-order valence-corrected chi connectivity index (χ2v) is 6.59. The molecule has 3 aliphatic rings. The van der Waals surface area contributed by atoms with E-state index in [1.165, 1.54) is 18.5 Å². The van der Waals surface area contributed by atoms with Gasteiger partial charge < -0.3 is 4.90 Å². The number of benzene rings is 1. The second kappa shape index (κ2) is 4.88. The van der Waals surface area contributed by atoms with Crippen LogP contribution in [0.25, 0.3) is 0 Å². The minimum absolute atomic E-state index is 0.370. The highest BCUT2D eigenvalue weighted by Crippen LogP contribution is 2.37.